The molecule has 3 rings (SSSR count). The Hall–Kier alpha value is -3.09. The Balaban J connectivity index is 1.81. The van der Waals surface area contributed by atoms with Crippen molar-refractivity contribution >= 4 is 5.91 Å². The van der Waals surface area contributed by atoms with Gasteiger partial charge < -0.3 is 9.47 Å². The average Bonchev–Trinajstić information content (AvgIpc) is 3.04. The molecule has 0 radical (unpaired) electrons. The topological polar surface area (TPSA) is 76.8 Å². The number of carbonyl (C=O) groups is 1. The molecule has 0 saturated carbocycles. The molecule has 0 bridgehead atoms. The molecular weight excluding hydrogens is 316 g/mol. The minimum absolute atomic E-state index is 0.0298. The van der Waals surface area contributed by atoms with E-state index in [9.17, 15) is 4.79 Å². The molecule has 0 spiro atoms. The smallest absolute Gasteiger partial charge is 0.257 e. The molecule has 7 nitrogen and oxygen atoms in total. The van der Waals surface area contributed by atoms with Crippen LogP contribution < -0.4 is 0 Å². The summed E-state index contributed by atoms with van der Waals surface area (Å²) in [4.78, 5) is 31.6. The van der Waals surface area contributed by atoms with Gasteiger partial charge in [0.1, 0.15) is 5.82 Å². The zero-order chi connectivity index (χ0) is 17.8. The van der Waals surface area contributed by atoms with E-state index in [1.54, 1.807) is 35.9 Å². The van der Waals surface area contributed by atoms with Crippen LogP contribution in [-0.4, -0.2) is 41.4 Å². The lowest BCUT2D eigenvalue weighted by Crippen LogP contribution is -2.37. The molecule has 7 heteroatoms. The number of carbonyl (C=O) groups excluding carboxylic acids is 1. The Bertz CT molecular complexity index is 842. The van der Waals surface area contributed by atoms with Crippen molar-refractivity contribution in [3.8, 4) is 11.4 Å². The summed E-state index contributed by atoms with van der Waals surface area (Å²) in [6.07, 6.45) is 10.1. The van der Waals surface area contributed by atoms with Gasteiger partial charge in [0.2, 0.25) is 0 Å². The number of pyridine rings is 1. The second-order valence-corrected chi connectivity index (χ2v) is 6.02. The van der Waals surface area contributed by atoms with Gasteiger partial charge in [0, 0.05) is 55.8 Å². The van der Waals surface area contributed by atoms with E-state index in [2.05, 4.69) is 19.9 Å². The van der Waals surface area contributed by atoms with Crippen LogP contribution in [0.5, 0.6) is 0 Å². The number of imidazole rings is 1. The summed E-state index contributed by atoms with van der Waals surface area (Å²) < 4.78 is 1.91. The van der Waals surface area contributed by atoms with Crippen molar-refractivity contribution in [2.24, 2.45) is 7.05 Å². The summed E-state index contributed by atoms with van der Waals surface area (Å²) in [5.41, 5.74) is 1.27. The molecule has 0 N–H and O–H groups in total. The predicted molar refractivity (Wildman–Crippen MR) is 93.5 cm³/mol. The van der Waals surface area contributed by atoms with E-state index in [0.29, 0.717) is 17.9 Å². The summed E-state index contributed by atoms with van der Waals surface area (Å²) in [6.45, 7) is 4.39. The molecule has 0 atom stereocenters. The Morgan fingerprint density at radius 1 is 1.16 bits per heavy atom. The normalized spacial score (nSPS) is 10.9. The fourth-order valence-electron chi connectivity index (χ4n) is 2.44. The Morgan fingerprint density at radius 2 is 1.92 bits per heavy atom. The second kappa shape index (κ2) is 7.21. The molecular formula is C18H20N6O. The number of amides is 1. The minimum Gasteiger partial charge on any atom is -0.337 e. The summed E-state index contributed by atoms with van der Waals surface area (Å²) in [7, 11) is 1.91. The van der Waals surface area contributed by atoms with Crippen LogP contribution in [0, 0.1) is 0 Å². The zero-order valence-electron chi connectivity index (χ0n) is 14.5. The number of aromatic nitrogens is 5. The minimum atomic E-state index is -0.115. The van der Waals surface area contributed by atoms with Crippen molar-refractivity contribution in [1.82, 2.24) is 29.4 Å². The third-order valence-electron chi connectivity index (χ3n) is 3.94. The van der Waals surface area contributed by atoms with Crippen LogP contribution in [0.3, 0.4) is 0 Å². The largest absolute Gasteiger partial charge is 0.337 e. The van der Waals surface area contributed by atoms with E-state index >= 15 is 0 Å². The molecule has 0 aliphatic heterocycles. The Labute approximate surface area is 146 Å². The maximum absolute atomic E-state index is 12.9. The number of hydrogen-bond acceptors (Lipinski definition) is 5. The Kier molecular flexibility index (Phi) is 4.83. The maximum Gasteiger partial charge on any atom is 0.257 e. The number of aryl methyl sites for hydroxylation is 1. The highest BCUT2D eigenvalue weighted by Crippen LogP contribution is 2.15. The fourth-order valence-corrected chi connectivity index (χ4v) is 2.44. The van der Waals surface area contributed by atoms with Crippen molar-refractivity contribution in [3.05, 3.63) is 60.7 Å². The van der Waals surface area contributed by atoms with Crippen molar-refractivity contribution < 1.29 is 4.79 Å². The second-order valence-electron chi connectivity index (χ2n) is 6.02. The van der Waals surface area contributed by atoms with Crippen molar-refractivity contribution in [2.75, 3.05) is 0 Å². The number of nitrogens with zero attached hydrogens (tertiary/aromatic N) is 6. The molecule has 1 amide bonds. The first-order valence-electron chi connectivity index (χ1n) is 8.06. The van der Waals surface area contributed by atoms with Gasteiger partial charge >= 0.3 is 0 Å². The van der Waals surface area contributed by atoms with Crippen LogP contribution in [-0.2, 0) is 13.6 Å². The van der Waals surface area contributed by atoms with Crippen molar-refractivity contribution in [1.29, 1.82) is 0 Å². The first kappa shape index (κ1) is 16.8. The van der Waals surface area contributed by atoms with Gasteiger partial charge in [0.25, 0.3) is 5.91 Å². The van der Waals surface area contributed by atoms with Crippen LogP contribution >= 0.6 is 0 Å². The molecule has 3 heterocycles. The summed E-state index contributed by atoms with van der Waals surface area (Å²) in [6, 6.07) is 3.73. The van der Waals surface area contributed by atoms with E-state index in [1.807, 2.05) is 43.8 Å². The van der Waals surface area contributed by atoms with Crippen molar-refractivity contribution in [3.63, 3.8) is 0 Å². The molecule has 3 aromatic heterocycles. The van der Waals surface area contributed by atoms with E-state index < -0.39 is 0 Å². The van der Waals surface area contributed by atoms with Gasteiger partial charge in [0.15, 0.2) is 5.82 Å². The third-order valence-corrected chi connectivity index (χ3v) is 3.94. The monoisotopic (exact) mass is 336 g/mol. The standard InChI is InChI=1S/C18H20N6O/c1-13(2)24(12-16-20-7-8-23(16)3)18(25)15-10-21-17(22-11-15)14-5-4-6-19-9-14/h4-11,13H,12H2,1-3H3. The fraction of sp³-hybridized carbons (Fsp3) is 0.278. The van der Waals surface area contributed by atoms with Crippen LogP contribution in [0.2, 0.25) is 0 Å². The SMILES string of the molecule is CC(C)N(Cc1nccn1C)C(=O)c1cnc(-c2cccnc2)nc1. The first-order valence-corrected chi connectivity index (χ1v) is 8.06. The van der Waals surface area contributed by atoms with E-state index in [4.69, 9.17) is 0 Å². The van der Waals surface area contributed by atoms with Gasteiger partial charge in [-0.15, -0.1) is 0 Å². The van der Waals surface area contributed by atoms with Crippen LogP contribution in [0.1, 0.15) is 30.0 Å². The third kappa shape index (κ3) is 3.71. The lowest BCUT2D eigenvalue weighted by molar-refractivity contribution is 0.0682. The molecule has 0 unspecified atom stereocenters. The highest BCUT2D eigenvalue weighted by molar-refractivity contribution is 5.93. The molecule has 128 valence electrons. The quantitative estimate of drug-likeness (QED) is 0.714. The van der Waals surface area contributed by atoms with E-state index in [-0.39, 0.29) is 11.9 Å². The molecule has 0 fully saturated rings. The highest BCUT2D eigenvalue weighted by atomic mass is 16.2. The van der Waals surface area contributed by atoms with Gasteiger partial charge in [-0.3, -0.25) is 9.78 Å². The highest BCUT2D eigenvalue weighted by Gasteiger charge is 2.21. The predicted octanol–water partition coefficient (Wildman–Crippen LogP) is 2.32. The van der Waals surface area contributed by atoms with Crippen molar-refractivity contribution in [2.45, 2.75) is 26.4 Å². The van der Waals surface area contributed by atoms with Crippen LogP contribution in [0.15, 0.2) is 49.3 Å². The van der Waals surface area contributed by atoms with Gasteiger partial charge in [-0.2, -0.15) is 0 Å². The molecule has 0 aliphatic carbocycles. The molecule has 0 aromatic carbocycles. The van der Waals surface area contributed by atoms with Crippen LogP contribution in [0.4, 0.5) is 0 Å². The molecule has 0 saturated heterocycles. The lowest BCUT2D eigenvalue weighted by atomic mass is 10.2. The summed E-state index contributed by atoms with van der Waals surface area (Å²) in [5.74, 6) is 1.26. The number of hydrogen-bond donors (Lipinski definition) is 0. The van der Waals surface area contributed by atoms with Gasteiger partial charge in [-0.25, -0.2) is 15.0 Å². The van der Waals surface area contributed by atoms with Crippen LogP contribution in [0.25, 0.3) is 11.4 Å². The van der Waals surface area contributed by atoms with Gasteiger partial charge in [0.05, 0.1) is 12.1 Å². The first-order chi connectivity index (χ1) is 12.1. The molecule has 0 aliphatic rings. The summed E-state index contributed by atoms with van der Waals surface area (Å²) >= 11 is 0. The maximum atomic E-state index is 12.9. The van der Waals surface area contributed by atoms with Gasteiger partial charge in [-0.05, 0) is 26.0 Å². The van der Waals surface area contributed by atoms with Gasteiger partial charge in [-0.1, -0.05) is 0 Å². The van der Waals surface area contributed by atoms with E-state index in [0.717, 1.165) is 11.4 Å². The zero-order valence-corrected chi connectivity index (χ0v) is 14.5. The molecule has 3 aromatic rings. The Morgan fingerprint density at radius 3 is 2.48 bits per heavy atom. The lowest BCUT2D eigenvalue weighted by Gasteiger charge is -2.26. The van der Waals surface area contributed by atoms with E-state index in [1.165, 1.54) is 0 Å². The average molecular weight is 336 g/mol. The number of rotatable bonds is 5. The summed E-state index contributed by atoms with van der Waals surface area (Å²) in [5, 5.41) is 0. The molecule has 25 heavy (non-hydrogen) atoms.